The van der Waals surface area contributed by atoms with Crippen LogP contribution in [0.25, 0.3) is 0 Å². The van der Waals surface area contributed by atoms with E-state index < -0.39 is 42.5 Å². The molecule has 2 aromatic carbocycles. The molecule has 204 valence electrons. The molecule has 3 aromatic rings. The first-order chi connectivity index (χ1) is 17.8. The van der Waals surface area contributed by atoms with Crippen molar-refractivity contribution in [3.8, 4) is 0 Å². The van der Waals surface area contributed by atoms with E-state index in [0.717, 1.165) is 0 Å². The van der Waals surface area contributed by atoms with Crippen molar-refractivity contribution in [2.45, 2.75) is 28.8 Å². The zero-order valence-corrected chi connectivity index (χ0v) is 21.1. The quantitative estimate of drug-likeness (QED) is 0.341. The second-order valence-corrected chi connectivity index (χ2v) is 11.7. The molecule has 38 heavy (non-hydrogen) atoms. The van der Waals surface area contributed by atoms with E-state index in [1.807, 2.05) is 0 Å². The van der Waals surface area contributed by atoms with Crippen LogP contribution in [-0.4, -0.2) is 46.4 Å². The minimum Gasteiger partial charge on any atom is -0.370 e. The van der Waals surface area contributed by atoms with Gasteiger partial charge in [0.25, 0.3) is 0 Å². The number of halogens is 4. The van der Waals surface area contributed by atoms with Crippen molar-refractivity contribution in [1.29, 1.82) is 0 Å². The van der Waals surface area contributed by atoms with Gasteiger partial charge >= 0.3 is 6.18 Å². The normalized spacial score (nSPS) is 15.8. The highest BCUT2D eigenvalue weighted by molar-refractivity contribution is 7.89. The summed E-state index contributed by atoms with van der Waals surface area (Å²) in [5, 5.41) is 5.99. The lowest BCUT2D eigenvalue weighted by atomic mass is 10.2. The van der Waals surface area contributed by atoms with Crippen molar-refractivity contribution in [2.24, 2.45) is 0 Å². The number of fused-ring (bicyclic) bond motifs is 4. The lowest BCUT2D eigenvalue weighted by molar-refractivity contribution is -0.137. The van der Waals surface area contributed by atoms with Crippen LogP contribution in [-0.2, 0) is 32.6 Å². The van der Waals surface area contributed by atoms with Crippen LogP contribution in [0.3, 0.4) is 0 Å². The van der Waals surface area contributed by atoms with E-state index in [1.54, 1.807) is 12.1 Å². The molecule has 10 nitrogen and oxygen atoms in total. The van der Waals surface area contributed by atoms with Gasteiger partial charge in [-0.2, -0.15) is 18.2 Å². The van der Waals surface area contributed by atoms with E-state index >= 15 is 0 Å². The average molecular weight is 575 g/mol. The molecule has 0 radical (unpaired) electrons. The lowest BCUT2D eigenvalue weighted by Crippen LogP contribution is -2.27. The first-order valence-electron chi connectivity index (χ1n) is 11.2. The molecule has 0 spiro atoms. The number of alkyl halides is 3. The maximum Gasteiger partial charge on any atom is 0.416 e. The third-order valence-electron chi connectivity index (χ3n) is 5.44. The Kier molecular flexibility index (Phi) is 7.87. The summed E-state index contributed by atoms with van der Waals surface area (Å²) < 4.78 is 107. The standard InChI is InChI=1S/C22H22F4N6O4S2/c23-18-11-15(22(24,25)26)5-6-19(18)38(35,36)30-10-7-14-13-28-21-31-16-3-1-4-17(12-16)37(33,34)29-9-2-8-27-20(14)32-21/h1,3-6,11-13,29-30H,2,7-10H2,(H2,27,28,31,32). The summed E-state index contributed by atoms with van der Waals surface area (Å²) in [5.41, 5.74) is -0.377. The third-order valence-corrected chi connectivity index (χ3v) is 8.39. The topological polar surface area (TPSA) is 142 Å². The van der Waals surface area contributed by atoms with Gasteiger partial charge in [-0.1, -0.05) is 6.07 Å². The molecule has 4 bridgehead atoms. The summed E-state index contributed by atoms with van der Waals surface area (Å²) >= 11 is 0. The molecule has 1 aliphatic rings. The Hall–Kier alpha value is -3.34. The summed E-state index contributed by atoms with van der Waals surface area (Å²) in [5.74, 6) is -1.00. The van der Waals surface area contributed by atoms with Gasteiger partial charge in [0, 0.05) is 37.1 Å². The number of rotatable bonds is 5. The van der Waals surface area contributed by atoms with E-state index in [-0.39, 0.29) is 36.4 Å². The summed E-state index contributed by atoms with van der Waals surface area (Å²) in [6.07, 6.45) is -2.90. The fourth-order valence-electron chi connectivity index (χ4n) is 3.55. The van der Waals surface area contributed by atoms with E-state index in [9.17, 15) is 34.4 Å². The van der Waals surface area contributed by atoms with Crippen molar-refractivity contribution in [3.05, 3.63) is 65.6 Å². The van der Waals surface area contributed by atoms with Gasteiger partial charge in [-0.15, -0.1) is 0 Å². The Bertz CT molecular complexity index is 1550. The maximum atomic E-state index is 14.2. The van der Waals surface area contributed by atoms with E-state index in [2.05, 4.69) is 30.0 Å². The van der Waals surface area contributed by atoms with Crippen LogP contribution in [0.2, 0.25) is 0 Å². The fourth-order valence-corrected chi connectivity index (χ4v) is 5.76. The van der Waals surface area contributed by atoms with E-state index in [1.165, 1.54) is 18.3 Å². The first-order valence-corrected chi connectivity index (χ1v) is 14.1. The van der Waals surface area contributed by atoms with Gasteiger partial charge < -0.3 is 10.6 Å². The Labute approximate surface area is 216 Å². The van der Waals surface area contributed by atoms with Crippen molar-refractivity contribution in [2.75, 3.05) is 30.3 Å². The van der Waals surface area contributed by atoms with Crippen molar-refractivity contribution >= 4 is 37.5 Å². The number of aromatic nitrogens is 2. The highest BCUT2D eigenvalue weighted by atomic mass is 32.2. The van der Waals surface area contributed by atoms with Crippen LogP contribution < -0.4 is 20.1 Å². The number of hydrogen-bond donors (Lipinski definition) is 4. The first kappa shape index (κ1) is 27.7. The second kappa shape index (κ2) is 10.8. The monoisotopic (exact) mass is 574 g/mol. The molecular formula is C22H22F4N6O4S2. The Morgan fingerprint density at radius 3 is 2.61 bits per heavy atom. The van der Waals surface area contributed by atoms with Crippen LogP contribution in [0, 0.1) is 5.82 Å². The molecule has 2 heterocycles. The fraction of sp³-hybridized carbons (Fsp3) is 0.273. The minimum atomic E-state index is -4.81. The van der Waals surface area contributed by atoms with Gasteiger partial charge in [-0.05, 0) is 49.2 Å². The molecule has 0 unspecified atom stereocenters. The second-order valence-electron chi connectivity index (χ2n) is 8.19. The molecule has 4 N–H and O–H groups in total. The molecule has 0 atom stereocenters. The van der Waals surface area contributed by atoms with Crippen LogP contribution >= 0.6 is 0 Å². The smallest absolute Gasteiger partial charge is 0.370 e. The van der Waals surface area contributed by atoms with Gasteiger partial charge in [-0.25, -0.2) is 35.7 Å². The maximum absolute atomic E-state index is 14.2. The molecule has 1 aliphatic heterocycles. The molecule has 0 saturated heterocycles. The highest BCUT2D eigenvalue weighted by Crippen LogP contribution is 2.31. The number of anilines is 3. The summed E-state index contributed by atoms with van der Waals surface area (Å²) in [4.78, 5) is 7.76. The molecule has 16 heteroatoms. The van der Waals surface area contributed by atoms with Gasteiger partial charge in [0.1, 0.15) is 16.5 Å². The molecule has 0 saturated carbocycles. The number of sulfonamides is 2. The summed E-state index contributed by atoms with van der Waals surface area (Å²) in [6.45, 7) is 0.250. The van der Waals surface area contributed by atoms with Crippen LogP contribution in [0.4, 0.5) is 35.0 Å². The molecule has 4 rings (SSSR count). The summed E-state index contributed by atoms with van der Waals surface area (Å²) in [7, 11) is -8.16. The molecule has 0 fully saturated rings. The zero-order chi connectivity index (χ0) is 27.6. The largest absolute Gasteiger partial charge is 0.416 e. The number of nitrogens with one attached hydrogen (secondary N) is 4. The van der Waals surface area contributed by atoms with E-state index in [4.69, 9.17) is 0 Å². The Balaban J connectivity index is 1.50. The predicted molar refractivity (Wildman–Crippen MR) is 130 cm³/mol. The highest BCUT2D eigenvalue weighted by Gasteiger charge is 2.32. The number of nitrogens with zero attached hydrogens (tertiary/aromatic N) is 2. The van der Waals surface area contributed by atoms with Crippen molar-refractivity contribution in [1.82, 2.24) is 19.4 Å². The number of benzene rings is 2. The third kappa shape index (κ3) is 6.56. The Morgan fingerprint density at radius 2 is 1.87 bits per heavy atom. The molecule has 0 amide bonds. The molecule has 0 aliphatic carbocycles. The van der Waals surface area contributed by atoms with E-state index in [0.29, 0.717) is 42.2 Å². The van der Waals surface area contributed by atoms with Crippen LogP contribution in [0.15, 0.2) is 58.5 Å². The van der Waals surface area contributed by atoms with Gasteiger partial charge in [0.2, 0.25) is 26.0 Å². The number of hydrogen-bond acceptors (Lipinski definition) is 8. The zero-order valence-electron chi connectivity index (χ0n) is 19.5. The van der Waals surface area contributed by atoms with Gasteiger partial charge in [0.05, 0.1) is 10.5 Å². The predicted octanol–water partition coefficient (Wildman–Crippen LogP) is 2.99. The molecule has 1 aromatic heterocycles. The van der Waals surface area contributed by atoms with Crippen molar-refractivity contribution in [3.63, 3.8) is 0 Å². The van der Waals surface area contributed by atoms with Gasteiger partial charge in [-0.3, -0.25) is 0 Å². The SMILES string of the molecule is O=S1(=O)NCCCNc2nc(ncc2CCNS(=O)(=O)c2ccc(C(F)(F)F)cc2F)Nc2cccc1c2. The van der Waals surface area contributed by atoms with Crippen LogP contribution in [0.5, 0.6) is 0 Å². The van der Waals surface area contributed by atoms with Crippen LogP contribution in [0.1, 0.15) is 17.5 Å². The minimum absolute atomic E-state index is 0.0617. The van der Waals surface area contributed by atoms with Crippen molar-refractivity contribution < 1.29 is 34.4 Å². The lowest BCUT2D eigenvalue weighted by Gasteiger charge is -2.14. The average Bonchev–Trinajstić information content (AvgIpc) is 2.84. The van der Waals surface area contributed by atoms with Gasteiger partial charge in [0.15, 0.2) is 0 Å². The summed E-state index contributed by atoms with van der Waals surface area (Å²) in [6, 6.07) is 7.27. The molecular weight excluding hydrogens is 552 g/mol. The Morgan fingerprint density at radius 1 is 1.08 bits per heavy atom.